The molecule has 1 aromatic carbocycles. The summed E-state index contributed by atoms with van der Waals surface area (Å²) in [6.45, 7) is 42.2. The van der Waals surface area contributed by atoms with Gasteiger partial charge in [-0.3, -0.25) is 0 Å². The van der Waals surface area contributed by atoms with E-state index in [-0.39, 0.29) is 39.5 Å². The summed E-state index contributed by atoms with van der Waals surface area (Å²) in [7, 11) is -8.21. The van der Waals surface area contributed by atoms with Crippen LogP contribution in [0.15, 0.2) is 30.3 Å². The second-order valence-electron chi connectivity index (χ2n) is 18.6. The van der Waals surface area contributed by atoms with Crippen molar-refractivity contribution < 1.29 is 22.8 Å². The third kappa shape index (κ3) is 11.3. The van der Waals surface area contributed by atoms with Crippen LogP contribution in [0.5, 0.6) is 0 Å². The summed E-state index contributed by atoms with van der Waals surface area (Å²) in [5.41, 5.74) is 4.73. The largest absolute Gasteiger partial charge is 0.414 e. The second kappa shape index (κ2) is 14.5. The Hall–Kier alpha value is -0.552. The highest BCUT2D eigenvalue weighted by Gasteiger charge is 2.55. The summed E-state index contributed by atoms with van der Waals surface area (Å²) >= 11 is 0. The molecule has 0 unspecified atom stereocenters. The van der Waals surface area contributed by atoms with Crippen molar-refractivity contribution in [3.63, 3.8) is 0 Å². The molecular formula is C36H68O5Si4. The topological polar surface area (TPSA) is 46.2 Å². The van der Waals surface area contributed by atoms with Gasteiger partial charge in [0.1, 0.15) is 32.5 Å². The molecule has 0 amide bonds. The minimum absolute atomic E-state index is 0.0221. The molecule has 0 saturated carbocycles. The van der Waals surface area contributed by atoms with Crippen molar-refractivity contribution in [1.29, 1.82) is 0 Å². The molecule has 45 heavy (non-hydrogen) atoms. The lowest BCUT2D eigenvalue weighted by Gasteiger charge is -2.44. The molecule has 9 heteroatoms. The average molecular weight is 693 g/mol. The number of benzene rings is 1. The standard InChI is InChI=1S/C36H68O5Si4/c1-34(2,3)43(13,14)38-27-30(40-44(15,16)35(4,5)6)31-33(37-26-28-22-20-19-21-23-28)32(41-45(17,18)36(7,8)9)29(39-31)24-25-42(10,11)12/h19-23,29-33H,26-27H2,1-18H3/t29-,30+,31-,32+,33+/m1/s1. The van der Waals surface area contributed by atoms with E-state index in [1.807, 2.05) is 6.07 Å². The Morgan fingerprint density at radius 3 is 1.69 bits per heavy atom. The zero-order valence-corrected chi connectivity index (χ0v) is 36.2. The van der Waals surface area contributed by atoms with E-state index in [2.05, 4.69) is 157 Å². The molecule has 1 aliphatic rings. The van der Waals surface area contributed by atoms with Crippen LogP contribution in [0.1, 0.15) is 67.9 Å². The van der Waals surface area contributed by atoms with E-state index in [0.717, 1.165) is 5.56 Å². The van der Waals surface area contributed by atoms with Crippen LogP contribution in [0, 0.1) is 11.5 Å². The number of rotatable bonds is 11. The Balaban J connectivity index is 2.71. The lowest BCUT2D eigenvalue weighted by molar-refractivity contribution is -0.0937. The van der Waals surface area contributed by atoms with Gasteiger partial charge in [0.2, 0.25) is 0 Å². The maximum absolute atomic E-state index is 7.26. The highest BCUT2D eigenvalue weighted by atomic mass is 28.4. The maximum Gasteiger partial charge on any atom is 0.192 e. The third-order valence-electron chi connectivity index (χ3n) is 10.4. The number of hydrogen-bond acceptors (Lipinski definition) is 5. The van der Waals surface area contributed by atoms with Crippen LogP contribution >= 0.6 is 0 Å². The quantitative estimate of drug-likeness (QED) is 0.171. The first kappa shape index (κ1) is 40.6. The monoisotopic (exact) mass is 692 g/mol. The van der Waals surface area contributed by atoms with Crippen molar-refractivity contribution in [3.05, 3.63) is 35.9 Å². The van der Waals surface area contributed by atoms with E-state index in [4.69, 9.17) is 22.8 Å². The molecule has 258 valence electrons. The molecule has 0 aromatic heterocycles. The van der Waals surface area contributed by atoms with Gasteiger partial charge in [0.15, 0.2) is 25.0 Å². The smallest absolute Gasteiger partial charge is 0.192 e. The third-order valence-corrected chi connectivity index (χ3v) is 24.8. The van der Waals surface area contributed by atoms with Crippen LogP contribution in [-0.2, 0) is 29.4 Å². The molecule has 1 heterocycles. The molecular weight excluding hydrogens is 625 g/mol. The van der Waals surface area contributed by atoms with Gasteiger partial charge in [0.25, 0.3) is 0 Å². The summed E-state index contributed by atoms with van der Waals surface area (Å²) in [4.78, 5) is 0. The normalized spacial score (nSPS) is 23.1. The summed E-state index contributed by atoms with van der Waals surface area (Å²) < 4.78 is 35.4. The first-order valence-corrected chi connectivity index (χ1v) is 29.1. The Labute approximate surface area is 282 Å². The molecule has 1 aromatic rings. The van der Waals surface area contributed by atoms with Gasteiger partial charge in [-0.25, -0.2) is 0 Å². The zero-order valence-electron chi connectivity index (χ0n) is 32.2. The van der Waals surface area contributed by atoms with Crippen LogP contribution in [0.4, 0.5) is 0 Å². The van der Waals surface area contributed by atoms with Gasteiger partial charge >= 0.3 is 0 Å². The van der Waals surface area contributed by atoms with Crippen LogP contribution < -0.4 is 0 Å². The Kier molecular flexibility index (Phi) is 13.1. The van der Waals surface area contributed by atoms with E-state index in [0.29, 0.717) is 13.2 Å². The van der Waals surface area contributed by atoms with Crippen molar-refractivity contribution >= 4 is 33.0 Å². The lowest BCUT2D eigenvalue weighted by atomic mass is 10.0. The van der Waals surface area contributed by atoms with Crippen molar-refractivity contribution in [2.24, 2.45) is 0 Å². The minimum atomic E-state index is -2.22. The molecule has 1 fully saturated rings. The molecule has 0 spiro atoms. The highest BCUT2D eigenvalue weighted by molar-refractivity contribution is 6.83. The first-order chi connectivity index (χ1) is 20.1. The van der Waals surface area contributed by atoms with Gasteiger partial charge < -0.3 is 22.8 Å². The predicted octanol–water partition coefficient (Wildman–Crippen LogP) is 10.0. The van der Waals surface area contributed by atoms with Crippen LogP contribution in [0.25, 0.3) is 0 Å². The van der Waals surface area contributed by atoms with E-state index in [1.165, 1.54) is 0 Å². The molecule has 0 N–H and O–H groups in total. The fourth-order valence-electron chi connectivity index (χ4n) is 4.25. The fraction of sp³-hybridized carbons (Fsp3) is 0.778. The second-order valence-corrected chi connectivity index (χ2v) is 37.7. The van der Waals surface area contributed by atoms with Crippen LogP contribution in [0.2, 0.25) is 74.0 Å². The summed E-state index contributed by atoms with van der Waals surface area (Å²) in [5, 5.41) is 0.122. The molecule has 2 rings (SSSR count). The summed E-state index contributed by atoms with van der Waals surface area (Å²) in [5.74, 6) is 3.58. The number of ether oxygens (including phenoxy) is 2. The van der Waals surface area contributed by atoms with E-state index >= 15 is 0 Å². The Morgan fingerprint density at radius 2 is 1.22 bits per heavy atom. The Bertz CT molecular complexity index is 1140. The fourth-order valence-corrected chi connectivity index (χ4v) is 8.44. The molecule has 1 saturated heterocycles. The predicted molar refractivity (Wildman–Crippen MR) is 202 cm³/mol. The summed E-state index contributed by atoms with van der Waals surface area (Å²) in [6.07, 6.45) is -1.80. The minimum Gasteiger partial charge on any atom is -0.414 e. The van der Waals surface area contributed by atoms with Gasteiger partial charge in [-0.1, -0.05) is 118 Å². The van der Waals surface area contributed by atoms with Crippen LogP contribution in [0.3, 0.4) is 0 Å². The van der Waals surface area contributed by atoms with Crippen molar-refractivity contribution in [3.8, 4) is 11.5 Å². The van der Waals surface area contributed by atoms with Gasteiger partial charge in [-0.15, -0.1) is 5.54 Å². The van der Waals surface area contributed by atoms with E-state index in [1.54, 1.807) is 0 Å². The molecule has 0 radical (unpaired) electrons. The van der Waals surface area contributed by atoms with Crippen molar-refractivity contribution in [2.45, 2.75) is 173 Å². The van der Waals surface area contributed by atoms with Gasteiger partial charge in [-0.2, -0.15) is 0 Å². The van der Waals surface area contributed by atoms with Crippen molar-refractivity contribution in [1.82, 2.24) is 0 Å². The van der Waals surface area contributed by atoms with Gasteiger partial charge in [0.05, 0.1) is 19.3 Å². The Morgan fingerprint density at radius 1 is 0.711 bits per heavy atom. The highest BCUT2D eigenvalue weighted by Crippen LogP contribution is 2.44. The summed E-state index contributed by atoms with van der Waals surface area (Å²) in [6, 6.07) is 10.4. The SMILES string of the molecule is CC(C)(C)[Si](C)(C)OC[C@H](O[Si](C)(C)C(C)(C)C)[C@H]1O[C@H](C#C[Si](C)(C)C)[C@H](O[Si](C)(C)C(C)(C)C)[C@H]1OCc1ccccc1. The van der Waals surface area contributed by atoms with Crippen LogP contribution in [-0.4, -0.2) is 70.2 Å². The van der Waals surface area contributed by atoms with Gasteiger partial charge in [0, 0.05) is 0 Å². The maximum atomic E-state index is 7.26. The molecule has 0 aliphatic carbocycles. The number of hydrogen-bond donors (Lipinski definition) is 0. The van der Waals surface area contributed by atoms with E-state index < -0.39 is 39.1 Å². The molecule has 0 bridgehead atoms. The first-order valence-electron chi connectivity index (χ1n) is 16.9. The van der Waals surface area contributed by atoms with Gasteiger partial charge in [-0.05, 0) is 60.0 Å². The van der Waals surface area contributed by atoms with Crippen molar-refractivity contribution in [2.75, 3.05) is 6.61 Å². The molecule has 5 nitrogen and oxygen atoms in total. The molecule has 5 atom stereocenters. The molecule has 1 aliphatic heterocycles. The lowest BCUT2D eigenvalue weighted by Crippen LogP contribution is -2.55. The average Bonchev–Trinajstić information content (AvgIpc) is 3.18. The van der Waals surface area contributed by atoms with E-state index in [9.17, 15) is 0 Å². The zero-order chi connectivity index (χ0) is 34.9.